The molecule has 5 heteroatoms. The maximum atomic E-state index is 12.1. The summed E-state index contributed by atoms with van der Waals surface area (Å²) in [7, 11) is 0. The molecule has 0 aliphatic carbocycles. The van der Waals surface area contributed by atoms with Crippen LogP contribution in [0, 0.1) is 6.92 Å². The van der Waals surface area contributed by atoms with Gasteiger partial charge in [0.15, 0.2) is 0 Å². The third-order valence-electron chi connectivity index (χ3n) is 2.97. The predicted molar refractivity (Wildman–Crippen MR) is 83.2 cm³/mol. The summed E-state index contributed by atoms with van der Waals surface area (Å²) >= 11 is 1.53. The molecule has 0 spiro atoms. The molecule has 20 heavy (non-hydrogen) atoms. The first kappa shape index (κ1) is 14.5. The Kier molecular flexibility index (Phi) is 5.12. The van der Waals surface area contributed by atoms with Gasteiger partial charge in [0.2, 0.25) is 0 Å². The average molecular weight is 289 g/mol. The molecule has 0 aliphatic heterocycles. The topological polar surface area (TPSA) is 54.0 Å². The quantitative estimate of drug-likeness (QED) is 0.858. The number of thiazole rings is 1. The molecule has 0 bridgehead atoms. The Morgan fingerprint density at radius 3 is 2.90 bits per heavy atom. The van der Waals surface area contributed by atoms with Crippen LogP contribution in [0.3, 0.4) is 0 Å². The number of nitrogens with one attached hydrogen (secondary N) is 2. The normalized spacial score (nSPS) is 10.3. The van der Waals surface area contributed by atoms with Gasteiger partial charge in [-0.1, -0.05) is 6.92 Å². The molecule has 0 fully saturated rings. The van der Waals surface area contributed by atoms with E-state index in [9.17, 15) is 4.79 Å². The van der Waals surface area contributed by atoms with E-state index in [1.807, 2.05) is 30.5 Å². The van der Waals surface area contributed by atoms with Crippen LogP contribution in [-0.2, 0) is 6.54 Å². The smallest absolute Gasteiger partial charge is 0.251 e. The molecule has 1 amide bonds. The number of aromatic nitrogens is 1. The number of anilines is 1. The van der Waals surface area contributed by atoms with Gasteiger partial charge in [0, 0.05) is 23.2 Å². The monoisotopic (exact) mass is 289 g/mol. The lowest BCUT2D eigenvalue weighted by Crippen LogP contribution is -2.23. The van der Waals surface area contributed by atoms with Crippen molar-refractivity contribution in [2.45, 2.75) is 26.8 Å². The minimum atomic E-state index is -0.0665. The van der Waals surface area contributed by atoms with Gasteiger partial charge >= 0.3 is 0 Å². The Morgan fingerprint density at radius 1 is 1.40 bits per heavy atom. The van der Waals surface area contributed by atoms with Crippen LogP contribution >= 0.6 is 11.3 Å². The second-order valence-electron chi connectivity index (χ2n) is 4.62. The van der Waals surface area contributed by atoms with Crippen LogP contribution in [-0.4, -0.2) is 17.4 Å². The van der Waals surface area contributed by atoms with E-state index in [0.29, 0.717) is 12.1 Å². The lowest BCUT2D eigenvalue weighted by Gasteiger charge is -2.10. The number of nitrogens with zero attached hydrogens (tertiary/aromatic N) is 1. The maximum Gasteiger partial charge on any atom is 0.251 e. The van der Waals surface area contributed by atoms with Gasteiger partial charge in [0.1, 0.15) is 0 Å². The Bertz CT molecular complexity index is 567. The number of carbonyl (C=O) groups is 1. The highest BCUT2D eigenvalue weighted by Crippen LogP contribution is 2.16. The Labute approximate surface area is 123 Å². The largest absolute Gasteiger partial charge is 0.385 e. The minimum absolute atomic E-state index is 0.0665. The molecular weight excluding hydrogens is 270 g/mol. The van der Waals surface area contributed by atoms with Gasteiger partial charge in [-0.05, 0) is 37.1 Å². The van der Waals surface area contributed by atoms with E-state index in [-0.39, 0.29) is 5.91 Å². The molecule has 1 aromatic carbocycles. The van der Waals surface area contributed by atoms with E-state index in [4.69, 9.17) is 0 Å². The van der Waals surface area contributed by atoms with E-state index >= 15 is 0 Å². The molecule has 1 aromatic heterocycles. The van der Waals surface area contributed by atoms with E-state index in [1.165, 1.54) is 11.3 Å². The standard InChI is InChI=1S/C15H19N3OS/c1-3-6-16-14-5-4-12(7-11(14)2)15(19)17-8-13-9-20-10-18-13/h4-5,7,9-10,16H,3,6,8H2,1-2H3,(H,17,19). The molecule has 0 aliphatic rings. The maximum absolute atomic E-state index is 12.1. The molecule has 2 rings (SSSR count). The zero-order chi connectivity index (χ0) is 14.4. The summed E-state index contributed by atoms with van der Waals surface area (Å²) in [6.07, 6.45) is 1.08. The third-order valence-corrected chi connectivity index (χ3v) is 3.60. The number of amides is 1. The molecule has 0 atom stereocenters. The van der Waals surface area contributed by atoms with Gasteiger partial charge in [-0.3, -0.25) is 4.79 Å². The molecule has 4 nitrogen and oxygen atoms in total. The van der Waals surface area contributed by atoms with Crippen LogP contribution in [0.25, 0.3) is 0 Å². The second kappa shape index (κ2) is 7.05. The summed E-state index contributed by atoms with van der Waals surface area (Å²) in [6, 6.07) is 5.72. The molecular formula is C15H19N3OS. The molecule has 0 saturated carbocycles. The van der Waals surface area contributed by atoms with Crippen molar-refractivity contribution in [2.75, 3.05) is 11.9 Å². The lowest BCUT2D eigenvalue weighted by molar-refractivity contribution is 0.0950. The highest BCUT2D eigenvalue weighted by molar-refractivity contribution is 7.07. The van der Waals surface area contributed by atoms with Crippen molar-refractivity contribution >= 4 is 22.9 Å². The van der Waals surface area contributed by atoms with Crippen molar-refractivity contribution in [1.82, 2.24) is 10.3 Å². The first-order chi connectivity index (χ1) is 9.70. The van der Waals surface area contributed by atoms with Crippen LogP contribution < -0.4 is 10.6 Å². The van der Waals surface area contributed by atoms with Crippen LogP contribution in [0.5, 0.6) is 0 Å². The summed E-state index contributed by atoms with van der Waals surface area (Å²) in [5.41, 5.74) is 5.50. The number of hydrogen-bond acceptors (Lipinski definition) is 4. The number of benzene rings is 1. The third kappa shape index (κ3) is 3.81. The number of carbonyl (C=O) groups excluding carboxylic acids is 1. The molecule has 2 N–H and O–H groups in total. The summed E-state index contributed by atoms with van der Waals surface area (Å²) in [4.78, 5) is 16.2. The van der Waals surface area contributed by atoms with Crippen LogP contribution in [0.2, 0.25) is 0 Å². The average Bonchev–Trinajstić information content (AvgIpc) is 2.96. The second-order valence-corrected chi connectivity index (χ2v) is 5.34. The molecule has 0 saturated heterocycles. The van der Waals surface area contributed by atoms with Crippen LogP contribution in [0.15, 0.2) is 29.1 Å². The van der Waals surface area contributed by atoms with Gasteiger partial charge in [-0.2, -0.15) is 0 Å². The number of aryl methyl sites for hydroxylation is 1. The highest BCUT2D eigenvalue weighted by atomic mass is 32.1. The summed E-state index contributed by atoms with van der Waals surface area (Å²) in [5.74, 6) is -0.0665. The molecule has 0 radical (unpaired) electrons. The summed E-state index contributed by atoms with van der Waals surface area (Å²) in [6.45, 7) is 5.55. The molecule has 0 unspecified atom stereocenters. The van der Waals surface area contributed by atoms with Crippen LogP contribution in [0.1, 0.15) is 35.0 Å². The van der Waals surface area contributed by atoms with Crippen molar-refractivity contribution < 1.29 is 4.79 Å². The van der Waals surface area contributed by atoms with E-state index in [1.54, 1.807) is 5.51 Å². The van der Waals surface area contributed by atoms with Gasteiger partial charge in [-0.15, -0.1) is 11.3 Å². The zero-order valence-corrected chi connectivity index (χ0v) is 12.6. The Hall–Kier alpha value is -1.88. The molecule has 1 heterocycles. The van der Waals surface area contributed by atoms with Crippen molar-refractivity contribution in [3.63, 3.8) is 0 Å². The highest BCUT2D eigenvalue weighted by Gasteiger charge is 2.08. The number of rotatable bonds is 6. The van der Waals surface area contributed by atoms with E-state index < -0.39 is 0 Å². The summed E-state index contributed by atoms with van der Waals surface area (Å²) < 4.78 is 0. The fraction of sp³-hybridized carbons (Fsp3) is 0.333. The van der Waals surface area contributed by atoms with Gasteiger partial charge < -0.3 is 10.6 Å². The van der Waals surface area contributed by atoms with Gasteiger partial charge in [0.25, 0.3) is 5.91 Å². The predicted octanol–water partition coefficient (Wildman–Crippen LogP) is 3.20. The Balaban J connectivity index is 1.97. The van der Waals surface area contributed by atoms with Gasteiger partial charge in [0.05, 0.1) is 17.7 Å². The molecule has 106 valence electrons. The fourth-order valence-electron chi connectivity index (χ4n) is 1.86. The van der Waals surface area contributed by atoms with Crippen LogP contribution in [0.4, 0.5) is 5.69 Å². The first-order valence-electron chi connectivity index (χ1n) is 6.70. The fourth-order valence-corrected chi connectivity index (χ4v) is 2.42. The minimum Gasteiger partial charge on any atom is -0.385 e. The van der Waals surface area contributed by atoms with Crippen molar-refractivity contribution in [3.8, 4) is 0 Å². The van der Waals surface area contributed by atoms with Crippen molar-refractivity contribution in [3.05, 3.63) is 45.9 Å². The van der Waals surface area contributed by atoms with Gasteiger partial charge in [-0.25, -0.2) is 4.98 Å². The van der Waals surface area contributed by atoms with Crippen molar-refractivity contribution in [2.24, 2.45) is 0 Å². The number of hydrogen-bond donors (Lipinski definition) is 2. The molecule has 2 aromatic rings. The van der Waals surface area contributed by atoms with E-state index in [0.717, 1.165) is 29.9 Å². The first-order valence-corrected chi connectivity index (χ1v) is 7.64. The van der Waals surface area contributed by atoms with Crippen molar-refractivity contribution in [1.29, 1.82) is 0 Å². The van der Waals surface area contributed by atoms with E-state index in [2.05, 4.69) is 22.5 Å². The Morgan fingerprint density at radius 2 is 2.25 bits per heavy atom. The lowest BCUT2D eigenvalue weighted by atomic mass is 10.1. The SMILES string of the molecule is CCCNc1ccc(C(=O)NCc2cscn2)cc1C. The summed E-state index contributed by atoms with van der Waals surface area (Å²) in [5, 5.41) is 8.15. The zero-order valence-electron chi connectivity index (χ0n) is 11.8.